The normalized spacial score (nSPS) is 15.3. The number of furan rings is 1. The van der Waals surface area contributed by atoms with Gasteiger partial charge in [-0.2, -0.15) is 5.10 Å². The third-order valence-electron chi connectivity index (χ3n) is 5.63. The largest absolute Gasteiger partial charge is 0.468 e. The summed E-state index contributed by atoms with van der Waals surface area (Å²) in [6, 6.07) is 12.4. The molecule has 7 nitrogen and oxygen atoms in total. The van der Waals surface area contributed by atoms with Crippen LogP contribution in [-0.2, 0) is 6.42 Å². The van der Waals surface area contributed by atoms with E-state index in [9.17, 15) is 4.39 Å². The van der Waals surface area contributed by atoms with Gasteiger partial charge in [0.1, 0.15) is 11.6 Å². The van der Waals surface area contributed by atoms with Gasteiger partial charge in [-0.15, -0.1) is 24.0 Å². The van der Waals surface area contributed by atoms with Gasteiger partial charge in [-0.3, -0.25) is 9.89 Å². The molecule has 1 unspecified atom stereocenters. The highest BCUT2D eigenvalue weighted by atomic mass is 127. The average Bonchev–Trinajstić information content (AvgIpc) is 3.58. The molecule has 4 rings (SSSR count). The number of aliphatic imine (C=N–C) groups is 1. The zero-order chi connectivity index (χ0) is 22.2. The van der Waals surface area contributed by atoms with Crippen molar-refractivity contribution in [2.24, 2.45) is 4.99 Å². The second kappa shape index (κ2) is 12.7. The number of nitrogens with zero attached hydrogens (tertiary/aromatic N) is 4. The lowest BCUT2D eigenvalue weighted by Crippen LogP contribution is -2.39. The van der Waals surface area contributed by atoms with Crippen LogP contribution >= 0.6 is 24.0 Å². The molecule has 2 N–H and O–H groups in total. The van der Waals surface area contributed by atoms with E-state index in [4.69, 9.17) is 9.41 Å². The fourth-order valence-electron chi connectivity index (χ4n) is 3.98. The van der Waals surface area contributed by atoms with Gasteiger partial charge in [0, 0.05) is 25.7 Å². The summed E-state index contributed by atoms with van der Waals surface area (Å²) >= 11 is 0. The van der Waals surface area contributed by atoms with Crippen molar-refractivity contribution in [3.8, 4) is 5.69 Å². The first-order chi connectivity index (χ1) is 15.7. The van der Waals surface area contributed by atoms with Crippen LogP contribution in [0.25, 0.3) is 5.69 Å². The highest BCUT2D eigenvalue weighted by Crippen LogP contribution is 2.25. The molecule has 1 saturated heterocycles. The molecular formula is C24H32FIN6O. The molecule has 3 aromatic rings. The molecule has 0 amide bonds. The standard InChI is InChI=1S/C24H31FN6O.HI/c1-2-26-24(28-18-22(23-6-5-17-32-23)30-14-3-4-15-30)27-13-11-20-12-16-31(29-20)21-9-7-19(25)8-10-21;/h5-10,12,16-17,22H,2-4,11,13-15,18H2,1H3,(H2,26,27,28);1H. The molecule has 1 fully saturated rings. The minimum atomic E-state index is -0.250. The summed E-state index contributed by atoms with van der Waals surface area (Å²) in [5.41, 5.74) is 1.80. The summed E-state index contributed by atoms with van der Waals surface area (Å²) in [4.78, 5) is 7.29. The molecule has 3 heterocycles. The Labute approximate surface area is 211 Å². The maximum Gasteiger partial charge on any atom is 0.191 e. The highest BCUT2D eigenvalue weighted by molar-refractivity contribution is 14.0. The number of aromatic nitrogens is 2. The van der Waals surface area contributed by atoms with Crippen LogP contribution in [0.3, 0.4) is 0 Å². The molecule has 178 valence electrons. The molecule has 1 aliphatic rings. The Kier molecular flexibility index (Phi) is 9.74. The maximum absolute atomic E-state index is 13.1. The zero-order valence-corrected chi connectivity index (χ0v) is 21.2. The molecule has 9 heteroatoms. The van der Waals surface area contributed by atoms with Crippen molar-refractivity contribution >= 4 is 29.9 Å². The molecule has 0 bridgehead atoms. The first kappa shape index (κ1) is 25.2. The minimum absolute atomic E-state index is 0. The van der Waals surface area contributed by atoms with Crippen LogP contribution in [0.4, 0.5) is 4.39 Å². The molecule has 1 aliphatic heterocycles. The number of guanidine groups is 1. The number of benzene rings is 1. The monoisotopic (exact) mass is 566 g/mol. The summed E-state index contributed by atoms with van der Waals surface area (Å²) in [5, 5.41) is 11.3. The molecule has 1 atom stereocenters. The van der Waals surface area contributed by atoms with Crippen molar-refractivity contribution in [2.45, 2.75) is 32.2 Å². The molecule has 0 saturated carbocycles. The van der Waals surface area contributed by atoms with Crippen molar-refractivity contribution in [3.63, 3.8) is 0 Å². The van der Waals surface area contributed by atoms with Gasteiger partial charge in [0.15, 0.2) is 5.96 Å². The SMILES string of the molecule is CCNC(=NCC(c1ccco1)N1CCCC1)NCCc1ccn(-c2ccc(F)cc2)n1.I. The molecule has 0 radical (unpaired) electrons. The Balaban J connectivity index is 0.00000306. The number of nitrogens with one attached hydrogen (secondary N) is 2. The minimum Gasteiger partial charge on any atom is -0.468 e. The number of hydrogen-bond acceptors (Lipinski definition) is 4. The first-order valence-electron chi connectivity index (χ1n) is 11.3. The quantitative estimate of drug-likeness (QED) is 0.231. The van der Waals surface area contributed by atoms with Gasteiger partial charge in [-0.05, 0) is 75.3 Å². The Morgan fingerprint density at radius 1 is 1.15 bits per heavy atom. The fourth-order valence-corrected chi connectivity index (χ4v) is 3.98. The van der Waals surface area contributed by atoms with E-state index in [1.165, 1.54) is 25.0 Å². The Morgan fingerprint density at radius 2 is 1.94 bits per heavy atom. The van der Waals surface area contributed by atoms with E-state index in [1.54, 1.807) is 23.1 Å². The lowest BCUT2D eigenvalue weighted by atomic mass is 10.2. The van der Waals surface area contributed by atoms with Crippen LogP contribution in [0.2, 0.25) is 0 Å². The van der Waals surface area contributed by atoms with Gasteiger partial charge in [0.25, 0.3) is 0 Å². The first-order valence-corrected chi connectivity index (χ1v) is 11.3. The summed E-state index contributed by atoms with van der Waals surface area (Å²) in [6.07, 6.45) is 6.84. The molecule has 33 heavy (non-hydrogen) atoms. The Hall–Kier alpha value is -2.40. The summed E-state index contributed by atoms with van der Waals surface area (Å²) < 4.78 is 20.6. The lowest BCUT2D eigenvalue weighted by Gasteiger charge is -2.24. The van der Waals surface area contributed by atoms with Crippen LogP contribution in [-0.4, -0.2) is 53.4 Å². The van der Waals surface area contributed by atoms with Crippen molar-refractivity contribution in [2.75, 3.05) is 32.7 Å². The van der Waals surface area contributed by atoms with Gasteiger partial charge in [-0.1, -0.05) is 0 Å². The van der Waals surface area contributed by atoms with E-state index in [0.29, 0.717) is 13.1 Å². The van der Waals surface area contributed by atoms with Crippen LogP contribution in [0.1, 0.15) is 37.3 Å². The van der Waals surface area contributed by atoms with Gasteiger partial charge in [0.2, 0.25) is 0 Å². The van der Waals surface area contributed by atoms with E-state index in [1.807, 2.05) is 24.4 Å². The lowest BCUT2D eigenvalue weighted by molar-refractivity contribution is 0.221. The second-order valence-electron chi connectivity index (χ2n) is 7.90. The highest BCUT2D eigenvalue weighted by Gasteiger charge is 2.25. The summed E-state index contributed by atoms with van der Waals surface area (Å²) in [6.45, 7) is 6.37. The van der Waals surface area contributed by atoms with E-state index in [0.717, 1.165) is 49.2 Å². The van der Waals surface area contributed by atoms with E-state index < -0.39 is 0 Å². The molecule has 2 aromatic heterocycles. The average molecular weight is 566 g/mol. The second-order valence-corrected chi connectivity index (χ2v) is 7.90. The van der Waals surface area contributed by atoms with Crippen LogP contribution in [0.15, 0.2) is 64.3 Å². The predicted molar refractivity (Wildman–Crippen MR) is 139 cm³/mol. The van der Waals surface area contributed by atoms with Crippen molar-refractivity contribution < 1.29 is 8.81 Å². The van der Waals surface area contributed by atoms with Crippen molar-refractivity contribution in [3.05, 3.63) is 72.2 Å². The van der Waals surface area contributed by atoms with Gasteiger partial charge >= 0.3 is 0 Å². The van der Waals surface area contributed by atoms with Gasteiger partial charge in [-0.25, -0.2) is 9.07 Å². The third-order valence-corrected chi connectivity index (χ3v) is 5.63. The fraction of sp³-hybridized carbons (Fsp3) is 0.417. The van der Waals surface area contributed by atoms with Crippen molar-refractivity contribution in [1.29, 1.82) is 0 Å². The molecule has 1 aromatic carbocycles. The zero-order valence-electron chi connectivity index (χ0n) is 18.9. The summed E-state index contributed by atoms with van der Waals surface area (Å²) in [7, 11) is 0. The topological polar surface area (TPSA) is 70.6 Å². The maximum atomic E-state index is 13.1. The molecule has 0 spiro atoms. The third kappa shape index (κ3) is 7.04. The van der Waals surface area contributed by atoms with Gasteiger partial charge < -0.3 is 15.1 Å². The smallest absolute Gasteiger partial charge is 0.191 e. The number of likely N-dealkylation sites (tertiary alicyclic amines) is 1. The van der Waals surface area contributed by atoms with Crippen LogP contribution in [0, 0.1) is 5.82 Å². The summed E-state index contributed by atoms with van der Waals surface area (Å²) in [5.74, 6) is 1.51. The van der Waals surface area contributed by atoms with Crippen LogP contribution in [0.5, 0.6) is 0 Å². The number of hydrogen-bond donors (Lipinski definition) is 2. The van der Waals surface area contributed by atoms with Crippen LogP contribution < -0.4 is 10.6 Å². The van der Waals surface area contributed by atoms with Crippen molar-refractivity contribution in [1.82, 2.24) is 25.3 Å². The number of halogens is 2. The Morgan fingerprint density at radius 3 is 2.64 bits per heavy atom. The van der Waals surface area contributed by atoms with Gasteiger partial charge in [0.05, 0.1) is 30.2 Å². The van der Waals surface area contributed by atoms with E-state index >= 15 is 0 Å². The van der Waals surface area contributed by atoms with E-state index in [-0.39, 0.29) is 35.8 Å². The van der Waals surface area contributed by atoms with E-state index in [2.05, 4.69) is 27.6 Å². The predicted octanol–water partition coefficient (Wildman–Crippen LogP) is 4.16. The molecule has 0 aliphatic carbocycles. The molecular weight excluding hydrogens is 534 g/mol. The Bertz CT molecular complexity index is 983. The number of rotatable bonds is 9.